The van der Waals surface area contributed by atoms with E-state index in [4.69, 9.17) is 4.74 Å². The van der Waals surface area contributed by atoms with Gasteiger partial charge in [-0.2, -0.15) is 0 Å². The Morgan fingerprint density at radius 3 is 2.92 bits per heavy atom. The Bertz CT molecular complexity index is 221. The molecule has 0 aromatic carbocycles. The van der Waals surface area contributed by atoms with Gasteiger partial charge in [-0.05, 0) is 25.0 Å². The van der Waals surface area contributed by atoms with Crippen LogP contribution in [0.4, 0.5) is 0 Å². The van der Waals surface area contributed by atoms with Crippen molar-refractivity contribution in [3.8, 4) is 0 Å². The topological polar surface area (TPSA) is 9.23 Å². The molecule has 1 rings (SSSR count). The van der Waals surface area contributed by atoms with Crippen LogP contribution in [-0.4, -0.2) is 6.61 Å². The lowest BCUT2D eigenvalue weighted by atomic mass is 10.1. The number of ether oxygens (including phenoxy) is 1. The maximum atomic E-state index is 5.46. The van der Waals surface area contributed by atoms with Gasteiger partial charge >= 0.3 is 0 Å². The van der Waals surface area contributed by atoms with Crippen LogP contribution in [0.3, 0.4) is 0 Å². The molecule has 0 aliphatic carbocycles. The predicted molar refractivity (Wildman–Crippen MR) is 51.8 cm³/mol. The average Bonchev–Trinajstić information content (AvgIpc) is 2.50. The van der Waals surface area contributed by atoms with E-state index in [9.17, 15) is 0 Å². The normalized spacial score (nSPS) is 18.2. The molecule has 0 saturated heterocycles. The molecule has 0 aromatic rings. The fourth-order valence-electron chi connectivity index (χ4n) is 1.23. The number of hydrogen-bond donors (Lipinski definition) is 0. The van der Waals surface area contributed by atoms with Gasteiger partial charge in [0.2, 0.25) is 0 Å². The van der Waals surface area contributed by atoms with Gasteiger partial charge in [-0.1, -0.05) is 25.2 Å². The minimum absolute atomic E-state index is 0.836. The predicted octanol–water partition coefficient (Wildman–Crippen LogP) is 3.20. The Morgan fingerprint density at radius 1 is 1.42 bits per heavy atom. The van der Waals surface area contributed by atoms with Gasteiger partial charge in [0.25, 0.3) is 0 Å². The van der Waals surface area contributed by atoms with Crippen LogP contribution in [0.25, 0.3) is 0 Å². The van der Waals surface area contributed by atoms with E-state index in [0.717, 1.165) is 25.2 Å². The Kier molecular flexibility index (Phi) is 3.65. The van der Waals surface area contributed by atoms with E-state index in [1.807, 2.05) is 6.92 Å². The largest absolute Gasteiger partial charge is 0.493 e. The molecule has 0 bridgehead atoms. The van der Waals surface area contributed by atoms with Crippen LogP contribution < -0.4 is 0 Å². The Hall–Kier alpha value is -0.980. The lowest BCUT2D eigenvalue weighted by molar-refractivity contribution is 0.257. The molecule has 1 heterocycles. The monoisotopic (exact) mass is 164 g/mol. The first-order chi connectivity index (χ1) is 5.88. The standard InChI is InChI=1S/C11H16O/c1-3-5-7-11-10(6-4-2)8-9-12-11/h4-7H,3,8-9H2,1-2H3/b6-4-,7-5-. The molecule has 12 heavy (non-hydrogen) atoms. The summed E-state index contributed by atoms with van der Waals surface area (Å²) in [5.41, 5.74) is 1.32. The lowest BCUT2D eigenvalue weighted by Gasteiger charge is -1.96. The highest BCUT2D eigenvalue weighted by molar-refractivity contribution is 5.31. The first-order valence-corrected chi connectivity index (χ1v) is 4.53. The zero-order chi connectivity index (χ0) is 8.81. The summed E-state index contributed by atoms with van der Waals surface area (Å²) < 4.78 is 5.46. The molecule has 1 aliphatic rings. The maximum Gasteiger partial charge on any atom is 0.122 e. The van der Waals surface area contributed by atoms with E-state index in [0.29, 0.717) is 0 Å². The maximum absolute atomic E-state index is 5.46. The van der Waals surface area contributed by atoms with Crippen LogP contribution in [-0.2, 0) is 4.74 Å². The zero-order valence-corrected chi connectivity index (χ0v) is 7.84. The molecular formula is C11H16O. The first-order valence-electron chi connectivity index (χ1n) is 4.53. The second kappa shape index (κ2) is 4.81. The Morgan fingerprint density at radius 2 is 2.25 bits per heavy atom. The van der Waals surface area contributed by atoms with Gasteiger partial charge < -0.3 is 4.74 Å². The third-order valence-electron chi connectivity index (χ3n) is 1.82. The minimum atomic E-state index is 0.836. The highest BCUT2D eigenvalue weighted by atomic mass is 16.5. The fraction of sp³-hybridized carbons (Fsp3) is 0.455. The summed E-state index contributed by atoms with van der Waals surface area (Å²) in [5.74, 6) is 1.05. The molecule has 1 nitrogen and oxygen atoms in total. The zero-order valence-electron chi connectivity index (χ0n) is 7.84. The molecule has 66 valence electrons. The van der Waals surface area contributed by atoms with E-state index in [2.05, 4.69) is 31.2 Å². The Labute approximate surface area is 74.4 Å². The molecule has 1 aliphatic heterocycles. The highest BCUT2D eigenvalue weighted by Gasteiger charge is 2.09. The Balaban J connectivity index is 2.69. The van der Waals surface area contributed by atoms with Crippen molar-refractivity contribution in [2.75, 3.05) is 6.61 Å². The van der Waals surface area contributed by atoms with E-state index >= 15 is 0 Å². The molecule has 0 N–H and O–H groups in total. The summed E-state index contributed by atoms with van der Waals surface area (Å²) in [6.07, 6.45) is 10.5. The van der Waals surface area contributed by atoms with Crippen molar-refractivity contribution in [3.05, 3.63) is 35.6 Å². The van der Waals surface area contributed by atoms with E-state index < -0.39 is 0 Å². The van der Waals surface area contributed by atoms with Crippen molar-refractivity contribution in [3.63, 3.8) is 0 Å². The van der Waals surface area contributed by atoms with Crippen LogP contribution in [0.1, 0.15) is 26.7 Å². The number of allylic oxidation sites excluding steroid dienone is 4. The smallest absolute Gasteiger partial charge is 0.122 e. The third kappa shape index (κ3) is 2.26. The fourth-order valence-corrected chi connectivity index (χ4v) is 1.23. The molecule has 1 heteroatoms. The summed E-state index contributed by atoms with van der Waals surface area (Å²) in [5, 5.41) is 0. The minimum Gasteiger partial charge on any atom is -0.493 e. The van der Waals surface area contributed by atoms with Gasteiger partial charge in [0.15, 0.2) is 0 Å². The van der Waals surface area contributed by atoms with Gasteiger partial charge in [-0.15, -0.1) is 0 Å². The molecule has 0 aromatic heterocycles. The van der Waals surface area contributed by atoms with Crippen molar-refractivity contribution >= 4 is 0 Å². The summed E-state index contributed by atoms with van der Waals surface area (Å²) in [4.78, 5) is 0. The van der Waals surface area contributed by atoms with Gasteiger partial charge in [0.05, 0.1) is 6.61 Å². The van der Waals surface area contributed by atoms with Crippen molar-refractivity contribution < 1.29 is 4.74 Å². The summed E-state index contributed by atoms with van der Waals surface area (Å²) in [6.45, 7) is 5.00. The van der Waals surface area contributed by atoms with Crippen molar-refractivity contribution in [1.82, 2.24) is 0 Å². The quantitative estimate of drug-likeness (QED) is 0.622. The first kappa shape index (κ1) is 9.11. The molecule has 0 unspecified atom stereocenters. The number of hydrogen-bond acceptors (Lipinski definition) is 1. The molecule has 0 saturated carbocycles. The van der Waals surface area contributed by atoms with E-state index in [1.165, 1.54) is 5.57 Å². The molecule has 0 amide bonds. The van der Waals surface area contributed by atoms with Gasteiger partial charge in [0.1, 0.15) is 5.76 Å². The van der Waals surface area contributed by atoms with E-state index in [-0.39, 0.29) is 0 Å². The highest BCUT2D eigenvalue weighted by Crippen LogP contribution is 2.21. The summed E-state index contributed by atoms with van der Waals surface area (Å²) >= 11 is 0. The van der Waals surface area contributed by atoms with E-state index in [1.54, 1.807) is 0 Å². The second-order valence-corrected chi connectivity index (χ2v) is 2.80. The van der Waals surface area contributed by atoms with Crippen LogP contribution in [0.5, 0.6) is 0 Å². The number of rotatable bonds is 3. The third-order valence-corrected chi connectivity index (χ3v) is 1.82. The van der Waals surface area contributed by atoms with Gasteiger partial charge in [-0.25, -0.2) is 0 Å². The van der Waals surface area contributed by atoms with Crippen LogP contribution in [0.2, 0.25) is 0 Å². The molecule has 0 spiro atoms. The van der Waals surface area contributed by atoms with Crippen molar-refractivity contribution in [2.24, 2.45) is 0 Å². The van der Waals surface area contributed by atoms with Crippen LogP contribution in [0, 0.1) is 0 Å². The SMILES string of the molecule is C/C=C\C1=C(/C=C\CC)OCC1. The summed E-state index contributed by atoms with van der Waals surface area (Å²) in [7, 11) is 0. The van der Waals surface area contributed by atoms with Gasteiger partial charge in [-0.3, -0.25) is 0 Å². The second-order valence-electron chi connectivity index (χ2n) is 2.80. The van der Waals surface area contributed by atoms with Crippen LogP contribution in [0.15, 0.2) is 35.6 Å². The summed E-state index contributed by atoms with van der Waals surface area (Å²) in [6, 6.07) is 0. The molecular weight excluding hydrogens is 148 g/mol. The van der Waals surface area contributed by atoms with Crippen LogP contribution >= 0.6 is 0 Å². The molecule has 0 atom stereocenters. The molecule has 0 radical (unpaired) electrons. The average molecular weight is 164 g/mol. The van der Waals surface area contributed by atoms with Crippen molar-refractivity contribution in [1.29, 1.82) is 0 Å². The van der Waals surface area contributed by atoms with Crippen molar-refractivity contribution in [2.45, 2.75) is 26.7 Å². The lowest BCUT2D eigenvalue weighted by Crippen LogP contribution is -1.79. The molecule has 0 fully saturated rings. The van der Waals surface area contributed by atoms with Gasteiger partial charge in [0, 0.05) is 6.42 Å².